The maximum Gasteiger partial charge on any atom is 0.326 e. The Labute approximate surface area is 260 Å². The predicted molar refractivity (Wildman–Crippen MR) is 174 cm³/mol. The molecule has 11 heteroatoms. The van der Waals surface area contributed by atoms with E-state index in [0.29, 0.717) is 11.4 Å². The first-order chi connectivity index (χ1) is 21.9. The van der Waals surface area contributed by atoms with Gasteiger partial charge in [0.15, 0.2) is 5.82 Å². The Balaban J connectivity index is 1.53. The van der Waals surface area contributed by atoms with Crippen LogP contribution in [-0.4, -0.2) is 45.7 Å². The number of aliphatic carboxylic acids is 1. The van der Waals surface area contributed by atoms with Crippen LogP contribution in [-0.2, 0) is 4.79 Å². The molecule has 11 nitrogen and oxygen atoms in total. The minimum Gasteiger partial charge on any atom is -0.495 e. The van der Waals surface area contributed by atoms with Crippen molar-refractivity contribution in [3.05, 3.63) is 120 Å². The Bertz CT molecular complexity index is 1760. The molecule has 0 bridgehead atoms. The molecule has 0 aliphatic heterocycles. The van der Waals surface area contributed by atoms with Crippen LogP contribution in [0.15, 0.2) is 103 Å². The molecule has 0 fully saturated rings. The highest BCUT2D eigenvalue weighted by atomic mass is 16.5. The van der Waals surface area contributed by atoms with E-state index in [0.717, 1.165) is 27.9 Å². The number of carboxylic acid groups (broad SMARTS) is 1. The number of hydrogen-bond donors (Lipinski definition) is 5. The van der Waals surface area contributed by atoms with Crippen LogP contribution >= 0.6 is 0 Å². The standard InChI is InChI=1S/C34H33N7O4/c1-22-16-18-24(19-17-22)30(35-21-20-29(42)43)31-38-32(36-26-13-7-6-12-25(26)23-10-4-3-5-11-23)40-33(39-31)41-34(44)37-27-14-8-9-15-28(27)45-2/h3-19,30,35H,20-21H2,1-2H3,(H,42,43)(H3,36,37,38,39,40,41,44). The van der Waals surface area contributed by atoms with Crippen molar-refractivity contribution in [3.63, 3.8) is 0 Å². The molecule has 0 saturated heterocycles. The molecule has 1 heterocycles. The lowest BCUT2D eigenvalue weighted by Gasteiger charge is -2.20. The first-order valence-electron chi connectivity index (χ1n) is 14.3. The van der Waals surface area contributed by atoms with Crippen LogP contribution in [0.2, 0.25) is 0 Å². The summed E-state index contributed by atoms with van der Waals surface area (Å²) in [4.78, 5) is 38.3. The van der Waals surface area contributed by atoms with Crippen molar-refractivity contribution < 1.29 is 19.4 Å². The third kappa shape index (κ3) is 8.18. The zero-order chi connectivity index (χ0) is 31.6. The summed E-state index contributed by atoms with van der Waals surface area (Å²) in [5, 5.41) is 21.3. The number of carboxylic acids is 1. The van der Waals surface area contributed by atoms with E-state index in [9.17, 15) is 14.7 Å². The average Bonchev–Trinajstić information content (AvgIpc) is 3.04. The lowest BCUT2D eigenvalue weighted by molar-refractivity contribution is -0.136. The second kappa shape index (κ2) is 14.6. The van der Waals surface area contributed by atoms with Gasteiger partial charge >= 0.3 is 12.0 Å². The van der Waals surface area contributed by atoms with Crippen LogP contribution in [0.4, 0.5) is 28.1 Å². The van der Waals surface area contributed by atoms with Crippen LogP contribution in [0.1, 0.15) is 29.4 Å². The van der Waals surface area contributed by atoms with Crippen molar-refractivity contribution in [2.24, 2.45) is 0 Å². The van der Waals surface area contributed by atoms with Gasteiger partial charge in [-0.1, -0.05) is 90.5 Å². The molecule has 4 aromatic carbocycles. The number of amides is 2. The first kappa shape index (κ1) is 30.6. The quantitative estimate of drug-likeness (QED) is 0.109. The second-order valence-electron chi connectivity index (χ2n) is 10.1. The van der Waals surface area contributed by atoms with Crippen molar-refractivity contribution in [3.8, 4) is 16.9 Å². The highest BCUT2D eigenvalue weighted by molar-refractivity contribution is 5.99. The minimum atomic E-state index is -0.934. The summed E-state index contributed by atoms with van der Waals surface area (Å²) < 4.78 is 5.35. The first-order valence-corrected chi connectivity index (χ1v) is 14.3. The van der Waals surface area contributed by atoms with Gasteiger partial charge in [-0.05, 0) is 36.2 Å². The third-order valence-electron chi connectivity index (χ3n) is 6.85. The Kier molecular flexibility index (Phi) is 9.93. The van der Waals surface area contributed by atoms with Gasteiger partial charge in [-0.25, -0.2) is 4.79 Å². The van der Waals surface area contributed by atoms with E-state index in [1.165, 1.54) is 7.11 Å². The largest absolute Gasteiger partial charge is 0.495 e. The van der Waals surface area contributed by atoms with Crippen LogP contribution in [0, 0.1) is 6.92 Å². The Morgan fingerprint density at radius 2 is 1.44 bits per heavy atom. The van der Waals surface area contributed by atoms with Crippen molar-refractivity contribution in [2.75, 3.05) is 29.6 Å². The molecule has 0 spiro atoms. The number of anilines is 4. The van der Waals surface area contributed by atoms with Crippen LogP contribution in [0.25, 0.3) is 11.1 Å². The molecule has 1 atom stereocenters. The van der Waals surface area contributed by atoms with E-state index < -0.39 is 18.0 Å². The fraction of sp³-hybridized carbons (Fsp3) is 0.147. The summed E-state index contributed by atoms with van der Waals surface area (Å²) >= 11 is 0. The number of carbonyl (C=O) groups excluding carboxylic acids is 1. The number of aromatic nitrogens is 3. The maximum absolute atomic E-state index is 13.1. The molecule has 0 saturated carbocycles. The third-order valence-corrected chi connectivity index (χ3v) is 6.85. The van der Waals surface area contributed by atoms with E-state index in [4.69, 9.17) is 9.72 Å². The number of carbonyl (C=O) groups is 2. The zero-order valence-electron chi connectivity index (χ0n) is 24.8. The SMILES string of the molecule is COc1ccccc1NC(=O)Nc1nc(Nc2ccccc2-c2ccccc2)nc(C(NCCC(=O)O)c2ccc(C)cc2)n1. The van der Waals surface area contributed by atoms with E-state index in [-0.39, 0.29) is 30.7 Å². The van der Waals surface area contributed by atoms with Gasteiger partial charge in [-0.3, -0.25) is 10.1 Å². The van der Waals surface area contributed by atoms with Gasteiger partial charge in [-0.15, -0.1) is 0 Å². The van der Waals surface area contributed by atoms with Crippen molar-refractivity contribution >= 4 is 35.3 Å². The number of ether oxygens (including phenoxy) is 1. The van der Waals surface area contributed by atoms with Crippen molar-refractivity contribution in [1.29, 1.82) is 0 Å². The van der Waals surface area contributed by atoms with Crippen LogP contribution in [0.3, 0.4) is 0 Å². The number of hydrogen-bond acceptors (Lipinski definition) is 8. The van der Waals surface area contributed by atoms with Gasteiger partial charge in [0, 0.05) is 17.8 Å². The van der Waals surface area contributed by atoms with Gasteiger partial charge in [-0.2, -0.15) is 15.0 Å². The zero-order valence-corrected chi connectivity index (χ0v) is 24.8. The number of methoxy groups -OCH3 is 1. The molecule has 5 rings (SSSR count). The van der Waals surface area contributed by atoms with E-state index >= 15 is 0 Å². The number of para-hydroxylation sites is 3. The summed E-state index contributed by atoms with van der Waals surface area (Å²) in [7, 11) is 1.52. The van der Waals surface area contributed by atoms with E-state index in [2.05, 4.69) is 31.2 Å². The monoisotopic (exact) mass is 603 g/mol. The van der Waals surface area contributed by atoms with Crippen molar-refractivity contribution in [2.45, 2.75) is 19.4 Å². The molecule has 0 aliphatic carbocycles. The maximum atomic E-state index is 13.1. The van der Waals surface area contributed by atoms with Gasteiger partial charge in [0.1, 0.15) is 5.75 Å². The molecular formula is C34H33N7O4. The highest BCUT2D eigenvalue weighted by Gasteiger charge is 2.21. The molecule has 1 unspecified atom stereocenters. The van der Waals surface area contributed by atoms with Crippen LogP contribution in [0.5, 0.6) is 5.75 Å². The molecule has 5 N–H and O–H groups in total. The summed E-state index contributed by atoms with van der Waals surface area (Å²) in [6.45, 7) is 2.14. The molecule has 5 aromatic rings. The van der Waals surface area contributed by atoms with Crippen molar-refractivity contribution in [1.82, 2.24) is 20.3 Å². The number of nitrogens with zero attached hydrogens (tertiary/aromatic N) is 3. The summed E-state index contributed by atoms with van der Waals surface area (Å²) in [6, 6.07) is 31.2. The number of aryl methyl sites for hydroxylation is 1. The fourth-order valence-corrected chi connectivity index (χ4v) is 4.66. The van der Waals surface area contributed by atoms with Crippen LogP contribution < -0.4 is 26.0 Å². The molecule has 45 heavy (non-hydrogen) atoms. The van der Waals surface area contributed by atoms with Gasteiger partial charge in [0.2, 0.25) is 11.9 Å². The Morgan fingerprint density at radius 1 is 0.778 bits per heavy atom. The summed E-state index contributed by atoms with van der Waals surface area (Å²) in [5.41, 5.74) is 5.02. The summed E-state index contributed by atoms with van der Waals surface area (Å²) in [5.74, 6) is 0.0193. The normalized spacial score (nSPS) is 11.3. The number of rotatable bonds is 12. The second-order valence-corrected chi connectivity index (χ2v) is 10.1. The van der Waals surface area contributed by atoms with E-state index in [1.807, 2.05) is 85.8 Å². The number of urea groups is 1. The van der Waals surface area contributed by atoms with Gasteiger partial charge in [0.05, 0.1) is 25.3 Å². The Hall–Kier alpha value is -5.81. The lowest BCUT2D eigenvalue weighted by atomic mass is 10.0. The molecule has 2 amide bonds. The highest BCUT2D eigenvalue weighted by Crippen LogP contribution is 2.30. The number of nitrogens with one attached hydrogen (secondary N) is 4. The Morgan fingerprint density at radius 3 is 2.18 bits per heavy atom. The van der Waals surface area contributed by atoms with Gasteiger partial charge in [0.25, 0.3) is 0 Å². The van der Waals surface area contributed by atoms with Gasteiger partial charge < -0.3 is 25.8 Å². The molecule has 1 aromatic heterocycles. The molecule has 228 valence electrons. The van der Waals surface area contributed by atoms with E-state index in [1.54, 1.807) is 24.3 Å². The average molecular weight is 604 g/mol. The number of benzene rings is 4. The molecule has 0 aliphatic rings. The summed E-state index contributed by atoms with van der Waals surface area (Å²) in [6.07, 6.45) is -0.102. The predicted octanol–water partition coefficient (Wildman–Crippen LogP) is 6.40. The molecule has 0 radical (unpaired) electrons. The topological polar surface area (TPSA) is 150 Å². The minimum absolute atomic E-state index is 0.00997. The molecular weight excluding hydrogens is 570 g/mol. The smallest absolute Gasteiger partial charge is 0.326 e. The lowest BCUT2D eigenvalue weighted by Crippen LogP contribution is -2.28. The fourth-order valence-electron chi connectivity index (χ4n) is 4.66.